The Morgan fingerprint density at radius 1 is 1.18 bits per heavy atom. The Morgan fingerprint density at radius 2 is 1.88 bits per heavy atom. The van der Waals surface area contributed by atoms with Gasteiger partial charge in [-0.15, -0.1) is 0 Å². The Hall–Kier alpha value is -0.820. The smallest absolute Gasteiger partial charge is 0.0108 e. The van der Waals surface area contributed by atoms with Gasteiger partial charge in [-0.2, -0.15) is 0 Å². The molecule has 0 amide bonds. The average molecular weight is 231 g/mol. The SMILES string of the molecule is Cc1cccc(CC(N)C2CCCCCC2)c1. The van der Waals surface area contributed by atoms with Crippen LogP contribution < -0.4 is 5.73 Å². The normalized spacial score (nSPS) is 19.9. The predicted molar refractivity (Wildman–Crippen MR) is 74.1 cm³/mol. The molecule has 0 spiro atoms. The van der Waals surface area contributed by atoms with Crippen LogP contribution in [0.1, 0.15) is 49.7 Å². The van der Waals surface area contributed by atoms with Crippen LogP contribution in [0.15, 0.2) is 24.3 Å². The molecule has 1 heteroatoms. The monoisotopic (exact) mass is 231 g/mol. The van der Waals surface area contributed by atoms with Crippen LogP contribution in [-0.4, -0.2) is 6.04 Å². The Morgan fingerprint density at radius 3 is 2.53 bits per heavy atom. The highest BCUT2D eigenvalue weighted by atomic mass is 14.6. The molecular formula is C16H25N. The Labute approximate surface area is 105 Å². The third kappa shape index (κ3) is 3.85. The van der Waals surface area contributed by atoms with Crippen molar-refractivity contribution in [2.75, 3.05) is 0 Å². The van der Waals surface area contributed by atoms with Gasteiger partial charge in [0, 0.05) is 6.04 Å². The van der Waals surface area contributed by atoms with Crippen LogP contribution in [0.3, 0.4) is 0 Å². The summed E-state index contributed by atoms with van der Waals surface area (Å²) in [5.41, 5.74) is 9.15. The maximum atomic E-state index is 6.40. The van der Waals surface area contributed by atoms with E-state index in [-0.39, 0.29) is 0 Å². The minimum Gasteiger partial charge on any atom is -0.327 e. The van der Waals surface area contributed by atoms with E-state index in [9.17, 15) is 0 Å². The Balaban J connectivity index is 1.93. The fraction of sp³-hybridized carbons (Fsp3) is 0.625. The molecule has 1 unspecified atom stereocenters. The van der Waals surface area contributed by atoms with Gasteiger partial charge in [-0.3, -0.25) is 0 Å². The standard InChI is InChI=1S/C16H25N/c1-13-7-6-8-14(11-13)12-16(17)15-9-4-2-3-5-10-15/h6-8,11,15-16H,2-5,9-10,12,17H2,1H3. The van der Waals surface area contributed by atoms with Gasteiger partial charge in [0.1, 0.15) is 0 Å². The van der Waals surface area contributed by atoms with Gasteiger partial charge < -0.3 is 5.73 Å². The van der Waals surface area contributed by atoms with Gasteiger partial charge in [-0.05, 0) is 37.7 Å². The highest BCUT2D eigenvalue weighted by Crippen LogP contribution is 2.26. The molecule has 0 aromatic heterocycles. The minimum absolute atomic E-state index is 0.356. The van der Waals surface area contributed by atoms with E-state index in [2.05, 4.69) is 31.2 Å². The summed E-state index contributed by atoms with van der Waals surface area (Å²) in [7, 11) is 0. The van der Waals surface area contributed by atoms with E-state index < -0.39 is 0 Å². The highest BCUT2D eigenvalue weighted by Gasteiger charge is 2.19. The summed E-state index contributed by atoms with van der Waals surface area (Å²) in [6.45, 7) is 2.15. The van der Waals surface area contributed by atoms with E-state index >= 15 is 0 Å². The van der Waals surface area contributed by atoms with Crippen LogP contribution >= 0.6 is 0 Å². The molecule has 1 aliphatic carbocycles. The number of aryl methyl sites for hydroxylation is 1. The van der Waals surface area contributed by atoms with Crippen molar-refractivity contribution in [2.24, 2.45) is 11.7 Å². The zero-order valence-corrected chi connectivity index (χ0v) is 11.0. The van der Waals surface area contributed by atoms with Crippen LogP contribution in [0.5, 0.6) is 0 Å². The molecule has 2 N–H and O–H groups in total. The number of rotatable bonds is 3. The molecule has 2 rings (SSSR count). The van der Waals surface area contributed by atoms with Gasteiger partial charge in [0.15, 0.2) is 0 Å². The van der Waals surface area contributed by atoms with Crippen molar-refractivity contribution >= 4 is 0 Å². The lowest BCUT2D eigenvalue weighted by atomic mass is 9.88. The molecule has 0 aliphatic heterocycles. The van der Waals surface area contributed by atoms with Crippen molar-refractivity contribution in [2.45, 2.75) is 57.9 Å². The maximum Gasteiger partial charge on any atom is 0.0108 e. The molecule has 1 atom stereocenters. The average Bonchev–Trinajstić information content (AvgIpc) is 2.57. The third-order valence-electron chi connectivity index (χ3n) is 4.06. The van der Waals surface area contributed by atoms with Crippen molar-refractivity contribution in [1.82, 2.24) is 0 Å². The van der Waals surface area contributed by atoms with Crippen LogP contribution in [0.25, 0.3) is 0 Å². The molecule has 1 aromatic carbocycles. The molecule has 1 aromatic rings. The molecule has 0 bridgehead atoms. The van der Waals surface area contributed by atoms with Gasteiger partial charge in [-0.25, -0.2) is 0 Å². The second-order valence-electron chi connectivity index (χ2n) is 5.61. The number of benzene rings is 1. The van der Waals surface area contributed by atoms with Crippen LogP contribution in [0.4, 0.5) is 0 Å². The Bertz CT molecular complexity index is 337. The van der Waals surface area contributed by atoms with Gasteiger partial charge in [0.2, 0.25) is 0 Å². The fourth-order valence-electron chi connectivity index (χ4n) is 3.02. The number of nitrogens with two attached hydrogens (primary N) is 1. The molecule has 0 radical (unpaired) electrons. The van der Waals surface area contributed by atoms with Gasteiger partial charge in [-0.1, -0.05) is 55.5 Å². The van der Waals surface area contributed by atoms with Crippen molar-refractivity contribution in [1.29, 1.82) is 0 Å². The molecule has 1 aliphatic rings. The third-order valence-corrected chi connectivity index (χ3v) is 4.06. The predicted octanol–water partition coefficient (Wildman–Crippen LogP) is 3.84. The summed E-state index contributed by atoms with van der Waals surface area (Å²) in [6, 6.07) is 9.14. The van der Waals surface area contributed by atoms with E-state index in [0.717, 1.165) is 12.3 Å². The van der Waals surface area contributed by atoms with Crippen molar-refractivity contribution < 1.29 is 0 Å². The maximum absolute atomic E-state index is 6.40. The molecule has 94 valence electrons. The summed E-state index contributed by atoms with van der Waals surface area (Å²) in [6.07, 6.45) is 9.31. The highest BCUT2D eigenvalue weighted by molar-refractivity contribution is 5.23. The van der Waals surface area contributed by atoms with Crippen molar-refractivity contribution in [3.05, 3.63) is 35.4 Å². The topological polar surface area (TPSA) is 26.0 Å². The van der Waals surface area contributed by atoms with Crippen LogP contribution in [-0.2, 0) is 6.42 Å². The van der Waals surface area contributed by atoms with E-state index in [4.69, 9.17) is 5.73 Å². The first-order chi connectivity index (χ1) is 8.25. The molecule has 0 heterocycles. The lowest BCUT2D eigenvalue weighted by Gasteiger charge is -2.22. The first kappa shape index (κ1) is 12.6. The summed E-state index contributed by atoms with van der Waals surface area (Å²) < 4.78 is 0. The Kier molecular flexibility index (Phi) is 4.61. The van der Waals surface area contributed by atoms with E-state index in [1.807, 2.05) is 0 Å². The van der Waals surface area contributed by atoms with Crippen molar-refractivity contribution in [3.63, 3.8) is 0 Å². The first-order valence-corrected chi connectivity index (χ1v) is 7.07. The zero-order chi connectivity index (χ0) is 12.1. The van der Waals surface area contributed by atoms with E-state index in [1.165, 1.54) is 49.7 Å². The number of hydrogen-bond acceptors (Lipinski definition) is 1. The molecule has 0 saturated heterocycles. The molecule has 17 heavy (non-hydrogen) atoms. The van der Waals surface area contributed by atoms with E-state index in [0.29, 0.717) is 6.04 Å². The lowest BCUT2D eigenvalue weighted by molar-refractivity contribution is 0.372. The molecule has 1 fully saturated rings. The first-order valence-electron chi connectivity index (χ1n) is 7.07. The van der Waals surface area contributed by atoms with Gasteiger partial charge in [0.25, 0.3) is 0 Å². The van der Waals surface area contributed by atoms with Crippen LogP contribution in [0, 0.1) is 12.8 Å². The second kappa shape index (κ2) is 6.20. The zero-order valence-electron chi connectivity index (χ0n) is 11.0. The minimum atomic E-state index is 0.356. The van der Waals surface area contributed by atoms with Crippen LogP contribution in [0.2, 0.25) is 0 Å². The summed E-state index contributed by atoms with van der Waals surface area (Å²) in [4.78, 5) is 0. The quantitative estimate of drug-likeness (QED) is 0.786. The molecular weight excluding hydrogens is 206 g/mol. The second-order valence-corrected chi connectivity index (χ2v) is 5.61. The molecule has 1 saturated carbocycles. The summed E-state index contributed by atoms with van der Waals surface area (Å²) in [5, 5.41) is 0. The van der Waals surface area contributed by atoms with Gasteiger partial charge >= 0.3 is 0 Å². The summed E-state index contributed by atoms with van der Waals surface area (Å²) in [5.74, 6) is 0.748. The fourth-order valence-corrected chi connectivity index (χ4v) is 3.02. The largest absolute Gasteiger partial charge is 0.327 e. The lowest BCUT2D eigenvalue weighted by Crippen LogP contribution is -2.32. The van der Waals surface area contributed by atoms with Gasteiger partial charge in [0.05, 0.1) is 0 Å². The summed E-state index contributed by atoms with van der Waals surface area (Å²) >= 11 is 0. The van der Waals surface area contributed by atoms with Crippen molar-refractivity contribution in [3.8, 4) is 0 Å². The molecule has 1 nitrogen and oxygen atoms in total. The number of hydrogen-bond donors (Lipinski definition) is 1. The van der Waals surface area contributed by atoms with E-state index in [1.54, 1.807) is 0 Å².